The van der Waals surface area contributed by atoms with Gasteiger partial charge < -0.3 is 5.32 Å². The Labute approximate surface area is 119 Å². The summed E-state index contributed by atoms with van der Waals surface area (Å²) in [5.41, 5.74) is 3.41. The molecule has 0 aliphatic rings. The summed E-state index contributed by atoms with van der Waals surface area (Å²) in [4.78, 5) is 8.12. The minimum atomic E-state index is 0.159. The van der Waals surface area contributed by atoms with E-state index in [0.717, 1.165) is 17.1 Å². The molecule has 0 saturated heterocycles. The molecule has 1 aromatic carbocycles. The summed E-state index contributed by atoms with van der Waals surface area (Å²) in [6.07, 6.45) is 1.71. The molecule has 1 N–H and O–H groups in total. The Bertz CT molecular complexity index is 571. The van der Waals surface area contributed by atoms with E-state index in [0.29, 0.717) is 0 Å². The van der Waals surface area contributed by atoms with Gasteiger partial charge in [-0.1, -0.05) is 32.9 Å². The van der Waals surface area contributed by atoms with Crippen molar-refractivity contribution in [3.8, 4) is 0 Å². The molecule has 2 rings (SSSR count). The van der Waals surface area contributed by atoms with Crippen LogP contribution in [0.4, 0.5) is 11.5 Å². The number of aromatic nitrogens is 2. The maximum atomic E-state index is 5.81. The first-order valence-electron chi connectivity index (χ1n) is 6.23. The molecule has 0 fully saturated rings. The van der Waals surface area contributed by atoms with Crippen LogP contribution in [0.1, 0.15) is 31.9 Å². The number of nitrogens with zero attached hydrogens (tertiary/aromatic N) is 2. The third-order valence-corrected chi connectivity index (χ3v) is 3.14. The highest BCUT2D eigenvalue weighted by molar-refractivity contribution is 6.28. The number of hydrogen-bond donors (Lipinski definition) is 1. The zero-order chi connectivity index (χ0) is 14.0. The molecule has 2 aromatic rings. The first-order valence-corrected chi connectivity index (χ1v) is 6.61. The molecule has 0 unspecified atom stereocenters. The Morgan fingerprint density at radius 3 is 2.32 bits per heavy atom. The van der Waals surface area contributed by atoms with Gasteiger partial charge in [-0.25, -0.2) is 9.97 Å². The van der Waals surface area contributed by atoms with Gasteiger partial charge in [0, 0.05) is 17.4 Å². The van der Waals surface area contributed by atoms with Crippen molar-refractivity contribution in [2.24, 2.45) is 0 Å². The molecule has 3 nitrogen and oxygen atoms in total. The quantitative estimate of drug-likeness (QED) is 0.821. The first-order chi connectivity index (χ1) is 8.86. The zero-order valence-corrected chi connectivity index (χ0v) is 12.4. The van der Waals surface area contributed by atoms with Crippen LogP contribution < -0.4 is 5.32 Å². The smallest absolute Gasteiger partial charge is 0.224 e. The molecule has 0 aliphatic carbocycles. The average molecular weight is 276 g/mol. The van der Waals surface area contributed by atoms with Crippen LogP contribution in [0, 0.1) is 6.92 Å². The molecule has 1 heterocycles. The number of rotatable bonds is 2. The second-order valence-corrected chi connectivity index (χ2v) is 5.96. The molecular formula is C15H18ClN3. The Kier molecular flexibility index (Phi) is 3.76. The molecular weight excluding hydrogens is 258 g/mol. The van der Waals surface area contributed by atoms with Crippen LogP contribution >= 0.6 is 11.6 Å². The van der Waals surface area contributed by atoms with Crippen LogP contribution in [0.15, 0.2) is 30.5 Å². The molecule has 0 aliphatic heterocycles. The van der Waals surface area contributed by atoms with Crippen LogP contribution in [-0.4, -0.2) is 9.97 Å². The average Bonchev–Trinajstić information content (AvgIpc) is 2.33. The Morgan fingerprint density at radius 2 is 1.74 bits per heavy atom. The summed E-state index contributed by atoms with van der Waals surface area (Å²) in [6.45, 7) is 8.54. The van der Waals surface area contributed by atoms with Gasteiger partial charge in [-0.15, -0.1) is 0 Å². The van der Waals surface area contributed by atoms with E-state index >= 15 is 0 Å². The molecule has 0 amide bonds. The van der Waals surface area contributed by atoms with Gasteiger partial charge in [0.25, 0.3) is 0 Å². The standard InChI is InChI=1S/C15H18ClN3/c1-10-9-17-14(16)19-13(10)18-12-7-5-11(6-8-12)15(2,3)4/h5-9H,1-4H3,(H,17,18,19). The minimum absolute atomic E-state index is 0.159. The van der Waals surface area contributed by atoms with Gasteiger partial charge in [-0.3, -0.25) is 0 Å². The van der Waals surface area contributed by atoms with E-state index in [9.17, 15) is 0 Å². The van der Waals surface area contributed by atoms with E-state index in [1.807, 2.05) is 6.92 Å². The molecule has 0 radical (unpaired) electrons. The fourth-order valence-electron chi connectivity index (χ4n) is 1.74. The number of nitrogens with one attached hydrogen (secondary N) is 1. The monoisotopic (exact) mass is 275 g/mol. The number of anilines is 2. The fourth-order valence-corrected chi connectivity index (χ4v) is 1.87. The van der Waals surface area contributed by atoms with Gasteiger partial charge in [0.05, 0.1) is 0 Å². The molecule has 0 saturated carbocycles. The van der Waals surface area contributed by atoms with Crippen molar-refractivity contribution in [2.45, 2.75) is 33.1 Å². The Morgan fingerprint density at radius 1 is 1.11 bits per heavy atom. The first kappa shape index (κ1) is 13.8. The topological polar surface area (TPSA) is 37.8 Å². The van der Waals surface area contributed by atoms with Crippen molar-refractivity contribution in [1.29, 1.82) is 0 Å². The molecule has 0 spiro atoms. The van der Waals surface area contributed by atoms with E-state index in [-0.39, 0.29) is 10.7 Å². The molecule has 100 valence electrons. The molecule has 0 bridgehead atoms. The van der Waals surface area contributed by atoms with E-state index in [1.54, 1.807) is 6.20 Å². The maximum Gasteiger partial charge on any atom is 0.224 e. The Hall–Kier alpha value is -1.61. The lowest BCUT2D eigenvalue weighted by atomic mass is 9.87. The van der Waals surface area contributed by atoms with Crippen molar-refractivity contribution in [3.63, 3.8) is 0 Å². The van der Waals surface area contributed by atoms with Gasteiger partial charge in [0.1, 0.15) is 5.82 Å². The summed E-state index contributed by atoms with van der Waals surface area (Å²) < 4.78 is 0. The van der Waals surface area contributed by atoms with Crippen molar-refractivity contribution in [3.05, 3.63) is 46.9 Å². The van der Waals surface area contributed by atoms with E-state index in [1.165, 1.54) is 5.56 Å². The third-order valence-electron chi connectivity index (χ3n) is 2.96. The normalized spacial score (nSPS) is 11.4. The zero-order valence-electron chi connectivity index (χ0n) is 11.7. The van der Waals surface area contributed by atoms with Crippen molar-refractivity contribution < 1.29 is 0 Å². The maximum absolute atomic E-state index is 5.81. The number of hydrogen-bond acceptors (Lipinski definition) is 3. The summed E-state index contributed by atoms with van der Waals surface area (Å²) >= 11 is 5.81. The fraction of sp³-hybridized carbons (Fsp3) is 0.333. The van der Waals surface area contributed by atoms with Crippen LogP contribution in [0.25, 0.3) is 0 Å². The lowest BCUT2D eigenvalue weighted by Crippen LogP contribution is -2.10. The lowest BCUT2D eigenvalue weighted by Gasteiger charge is -2.19. The highest BCUT2D eigenvalue weighted by Crippen LogP contribution is 2.25. The SMILES string of the molecule is Cc1cnc(Cl)nc1Nc1ccc(C(C)(C)C)cc1. The number of benzene rings is 1. The number of halogens is 1. The summed E-state index contributed by atoms with van der Waals surface area (Å²) in [5, 5.41) is 3.51. The summed E-state index contributed by atoms with van der Waals surface area (Å²) in [7, 11) is 0. The van der Waals surface area contributed by atoms with Gasteiger partial charge in [-0.05, 0) is 41.6 Å². The van der Waals surface area contributed by atoms with E-state index < -0.39 is 0 Å². The molecule has 0 atom stereocenters. The third kappa shape index (κ3) is 3.44. The van der Waals surface area contributed by atoms with Crippen molar-refractivity contribution >= 4 is 23.1 Å². The van der Waals surface area contributed by atoms with E-state index in [2.05, 4.69) is 60.3 Å². The summed E-state index contributed by atoms with van der Waals surface area (Å²) in [6, 6.07) is 8.35. The van der Waals surface area contributed by atoms with Gasteiger partial charge in [0.15, 0.2) is 0 Å². The second kappa shape index (κ2) is 5.17. The molecule has 1 aromatic heterocycles. The van der Waals surface area contributed by atoms with Crippen LogP contribution in [-0.2, 0) is 5.41 Å². The van der Waals surface area contributed by atoms with Crippen LogP contribution in [0.5, 0.6) is 0 Å². The van der Waals surface area contributed by atoms with Gasteiger partial charge in [-0.2, -0.15) is 0 Å². The predicted molar refractivity (Wildman–Crippen MR) is 80.2 cm³/mol. The van der Waals surface area contributed by atoms with E-state index in [4.69, 9.17) is 11.6 Å². The highest BCUT2D eigenvalue weighted by atomic mass is 35.5. The highest BCUT2D eigenvalue weighted by Gasteiger charge is 2.13. The van der Waals surface area contributed by atoms with Crippen LogP contribution in [0.3, 0.4) is 0 Å². The number of aryl methyl sites for hydroxylation is 1. The lowest BCUT2D eigenvalue weighted by molar-refractivity contribution is 0.590. The second-order valence-electron chi connectivity index (χ2n) is 5.62. The van der Waals surface area contributed by atoms with Crippen molar-refractivity contribution in [2.75, 3.05) is 5.32 Å². The molecule has 4 heteroatoms. The Balaban J connectivity index is 2.22. The minimum Gasteiger partial charge on any atom is -0.340 e. The summed E-state index contributed by atoms with van der Waals surface area (Å²) in [5.74, 6) is 0.739. The van der Waals surface area contributed by atoms with Crippen LogP contribution in [0.2, 0.25) is 5.28 Å². The largest absolute Gasteiger partial charge is 0.340 e. The predicted octanol–water partition coefficient (Wildman–Crippen LogP) is 4.48. The van der Waals surface area contributed by atoms with Gasteiger partial charge in [0.2, 0.25) is 5.28 Å². The van der Waals surface area contributed by atoms with Crippen molar-refractivity contribution in [1.82, 2.24) is 9.97 Å². The molecule has 19 heavy (non-hydrogen) atoms. The van der Waals surface area contributed by atoms with Gasteiger partial charge >= 0.3 is 0 Å².